The van der Waals surface area contributed by atoms with E-state index >= 15 is 0 Å². The number of hydrogen-bond donors (Lipinski definition) is 1. The van der Waals surface area contributed by atoms with Crippen molar-refractivity contribution in [3.8, 4) is 6.07 Å². The number of benzene rings is 1. The lowest BCUT2D eigenvalue weighted by Gasteiger charge is -2.33. The van der Waals surface area contributed by atoms with Gasteiger partial charge in [-0.15, -0.1) is 0 Å². The average molecular weight is 414 g/mol. The quantitative estimate of drug-likeness (QED) is 0.487. The molecule has 160 valence electrons. The molecule has 1 heterocycles. The fraction of sp³-hybridized carbons (Fsp3) is 0.455. The van der Waals surface area contributed by atoms with Crippen LogP contribution < -0.4 is 0 Å². The van der Waals surface area contributed by atoms with Crippen LogP contribution in [0.5, 0.6) is 0 Å². The Bertz CT molecular complexity index is 893. The van der Waals surface area contributed by atoms with Gasteiger partial charge in [-0.25, -0.2) is 4.79 Å². The molecule has 2 rings (SSSR count). The molecule has 0 saturated carbocycles. The van der Waals surface area contributed by atoms with Crippen LogP contribution in [0.25, 0.3) is 0 Å². The van der Waals surface area contributed by atoms with Gasteiger partial charge in [0.05, 0.1) is 23.8 Å². The molecule has 1 aromatic carbocycles. The lowest BCUT2D eigenvalue weighted by molar-refractivity contribution is -0.142. The van der Waals surface area contributed by atoms with Crippen molar-refractivity contribution in [1.82, 2.24) is 0 Å². The zero-order valence-electron chi connectivity index (χ0n) is 17.5. The number of carboxylic acids is 1. The number of carbonyl (C=O) groups excluding carboxylic acids is 1. The summed E-state index contributed by atoms with van der Waals surface area (Å²) in [6.07, 6.45) is -0.971. The Hall–Kier alpha value is -3.02. The van der Waals surface area contributed by atoms with Crippen molar-refractivity contribution < 1.29 is 28.9 Å². The van der Waals surface area contributed by atoms with Crippen LogP contribution in [0, 0.1) is 17.2 Å². The Morgan fingerprint density at radius 3 is 2.33 bits per heavy atom. The predicted molar refractivity (Wildman–Crippen MR) is 109 cm³/mol. The minimum Gasteiger partial charge on any atom is -0.481 e. The number of carboxylic acid groups (broad SMARTS) is 1. The van der Waals surface area contributed by atoms with Gasteiger partial charge in [-0.3, -0.25) is 9.79 Å². The topological polar surface area (TPSA) is 118 Å². The summed E-state index contributed by atoms with van der Waals surface area (Å²) in [7, 11) is 0. The van der Waals surface area contributed by atoms with E-state index in [4.69, 9.17) is 14.2 Å². The van der Waals surface area contributed by atoms with Gasteiger partial charge in [0.1, 0.15) is 11.6 Å². The number of nitrogens with zero attached hydrogens (tertiary/aromatic N) is 2. The van der Waals surface area contributed by atoms with Crippen molar-refractivity contribution in [1.29, 1.82) is 5.26 Å². The average Bonchev–Trinajstić information content (AvgIpc) is 2.72. The van der Waals surface area contributed by atoms with E-state index in [1.807, 2.05) is 0 Å². The van der Waals surface area contributed by atoms with Gasteiger partial charge in [0, 0.05) is 24.8 Å². The molecule has 0 aromatic heterocycles. The third-order valence-electron chi connectivity index (χ3n) is 4.70. The zero-order chi connectivity index (χ0) is 22.3. The Morgan fingerprint density at radius 2 is 1.80 bits per heavy atom. The van der Waals surface area contributed by atoms with E-state index in [9.17, 15) is 20.0 Å². The second kappa shape index (κ2) is 10.7. The third-order valence-corrected chi connectivity index (χ3v) is 4.70. The molecule has 0 aliphatic carbocycles. The van der Waals surface area contributed by atoms with Crippen LogP contribution in [-0.4, -0.2) is 48.9 Å². The zero-order valence-corrected chi connectivity index (χ0v) is 17.5. The van der Waals surface area contributed by atoms with Crippen molar-refractivity contribution in [2.45, 2.75) is 39.9 Å². The molecule has 0 spiro atoms. The van der Waals surface area contributed by atoms with Crippen molar-refractivity contribution in [3.05, 3.63) is 46.7 Å². The summed E-state index contributed by atoms with van der Waals surface area (Å²) in [6, 6.07) is 8.69. The highest BCUT2D eigenvalue weighted by Crippen LogP contribution is 2.42. The summed E-state index contributed by atoms with van der Waals surface area (Å²) in [6.45, 7) is 7.47. The van der Waals surface area contributed by atoms with E-state index < -0.39 is 30.1 Å². The largest absolute Gasteiger partial charge is 0.481 e. The normalized spacial score (nSPS) is 18.7. The van der Waals surface area contributed by atoms with Gasteiger partial charge in [0.2, 0.25) is 6.29 Å². The van der Waals surface area contributed by atoms with E-state index in [0.717, 1.165) is 0 Å². The molecule has 30 heavy (non-hydrogen) atoms. The molecule has 1 aliphatic heterocycles. The van der Waals surface area contributed by atoms with Gasteiger partial charge in [-0.05, 0) is 39.3 Å². The maximum Gasteiger partial charge on any atom is 0.336 e. The molecule has 2 unspecified atom stereocenters. The standard InChI is InChI=1S/C22H26N2O6/c1-5-28-21(27)18-17(15-11-9-8-10-14(15)12-23)16(20(25)26)13(4)24-19(18)22(29-6-2)30-7-3/h8-11,16-17,22H,5-7H2,1-4H3,(H,25,26). The van der Waals surface area contributed by atoms with E-state index in [1.165, 1.54) is 0 Å². The molecule has 0 amide bonds. The molecule has 1 aliphatic rings. The maximum absolute atomic E-state index is 13.0. The van der Waals surface area contributed by atoms with E-state index in [0.29, 0.717) is 18.8 Å². The molecule has 8 nitrogen and oxygen atoms in total. The first-order valence-electron chi connectivity index (χ1n) is 9.82. The van der Waals surface area contributed by atoms with Gasteiger partial charge in [0.15, 0.2) is 0 Å². The number of nitriles is 1. The number of rotatable bonds is 9. The fourth-order valence-corrected chi connectivity index (χ4v) is 3.54. The molecular weight excluding hydrogens is 388 g/mol. The molecule has 0 saturated heterocycles. The van der Waals surface area contributed by atoms with Crippen LogP contribution in [0.4, 0.5) is 0 Å². The minimum absolute atomic E-state index is 0.0319. The highest BCUT2D eigenvalue weighted by atomic mass is 16.7. The lowest BCUT2D eigenvalue weighted by Crippen LogP contribution is -2.38. The van der Waals surface area contributed by atoms with E-state index in [1.54, 1.807) is 52.0 Å². The molecule has 2 atom stereocenters. The lowest BCUT2D eigenvalue weighted by atomic mass is 9.74. The SMILES string of the molecule is CCOC(=O)C1=C(C(OCC)OCC)N=C(C)C(C(=O)O)C1c1ccccc1C#N. The van der Waals surface area contributed by atoms with Crippen molar-refractivity contribution in [2.24, 2.45) is 10.9 Å². The van der Waals surface area contributed by atoms with Gasteiger partial charge in [-0.2, -0.15) is 5.26 Å². The molecule has 0 bridgehead atoms. The minimum atomic E-state index is -1.15. The molecule has 1 N–H and O–H groups in total. The summed E-state index contributed by atoms with van der Waals surface area (Å²) in [5.74, 6) is -3.99. The van der Waals surface area contributed by atoms with Crippen molar-refractivity contribution in [2.75, 3.05) is 19.8 Å². The molecule has 0 fully saturated rings. The Kier molecular flexibility index (Phi) is 8.27. The fourth-order valence-electron chi connectivity index (χ4n) is 3.54. The van der Waals surface area contributed by atoms with Gasteiger partial charge < -0.3 is 19.3 Å². The number of hydrogen-bond acceptors (Lipinski definition) is 7. The van der Waals surface area contributed by atoms with E-state index in [2.05, 4.69) is 11.1 Å². The van der Waals surface area contributed by atoms with Gasteiger partial charge >= 0.3 is 11.9 Å². The first-order chi connectivity index (χ1) is 14.4. The Balaban J connectivity index is 2.85. The molecule has 0 radical (unpaired) electrons. The monoisotopic (exact) mass is 414 g/mol. The van der Waals surface area contributed by atoms with Crippen LogP contribution >= 0.6 is 0 Å². The summed E-state index contributed by atoms with van der Waals surface area (Å²) >= 11 is 0. The van der Waals surface area contributed by atoms with Crippen LogP contribution in [0.15, 0.2) is 40.5 Å². The van der Waals surface area contributed by atoms with E-state index in [-0.39, 0.29) is 29.2 Å². The highest BCUT2D eigenvalue weighted by Gasteiger charge is 2.45. The van der Waals surface area contributed by atoms with Gasteiger partial charge in [0.25, 0.3) is 0 Å². The number of carbonyl (C=O) groups is 2. The number of aliphatic imine (C=N–C) groups is 1. The summed E-state index contributed by atoms with van der Waals surface area (Å²) in [4.78, 5) is 29.7. The number of esters is 1. The Morgan fingerprint density at radius 1 is 1.17 bits per heavy atom. The summed E-state index contributed by atoms with van der Waals surface area (Å²) < 4.78 is 16.6. The predicted octanol–water partition coefficient (Wildman–Crippen LogP) is 3.03. The summed E-state index contributed by atoms with van der Waals surface area (Å²) in [5.41, 5.74) is 1.17. The van der Waals surface area contributed by atoms with Crippen molar-refractivity contribution >= 4 is 17.7 Å². The summed E-state index contributed by atoms with van der Waals surface area (Å²) in [5, 5.41) is 19.6. The molecule has 1 aromatic rings. The second-order valence-electron chi connectivity index (χ2n) is 6.51. The van der Waals surface area contributed by atoms with Crippen molar-refractivity contribution in [3.63, 3.8) is 0 Å². The maximum atomic E-state index is 13.0. The molecular formula is C22H26N2O6. The van der Waals surface area contributed by atoms with Crippen LogP contribution in [0.1, 0.15) is 44.7 Å². The molecule has 8 heteroatoms. The van der Waals surface area contributed by atoms with Crippen LogP contribution in [0.2, 0.25) is 0 Å². The Labute approximate surface area is 175 Å². The highest BCUT2D eigenvalue weighted by molar-refractivity contribution is 6.06. The third kappa shape index (κ3) is 4.75. The first-order valence-corrected chi connectivity index (χ1v) is 9.82. The smallest absolute Gasteiger partial charge is 0.336 e. The second-order valence-corrected chi connectivity index (χ2v) is 6.51. The first kappa shape index (κ1) is 23.3. The van der Waals surface area contributed by atoms with Crippen LogP contribution in [0.3, 0.4) is 0 Å². The van der Waals surface area contributed by atoms with Crippen LogP contribution in [-0.2, 0) is 23.8 Å². The number of ether oxygens (including phenoxy) is 3. The van der Waals surface area contributed by atoms with Gasteiger partial charge in [-0.1, -0.05) is 18.2 Å². The number of aliphatic carboxylic acids is 1.